The minimum Gasteiger partial charge on any atom is -0.497 e. The van der Waals surface area contributed by atoms with Gasteiger partial charge in [-0.15, -0.1) is 0 Å². The number of hydrogen-bond acceptors (Lipinski definition) is 20. The van der Waals surface area contributed by atoms with Crippen molar-refractivity contribution in [2.45, 2.75) is 79.0 Å². The first kappa shape index (κ1) is 84.4. The van der Waals surface area contributed by atoms with E-state index in [2.05, 4.69) is 31.9 Å². The molecule has 5 atom stereocenters. The molecule has 10 aromatic rings. The summed E-state index contributed by atoms with van der Waals surface area (Å²) in [5.74, 6) is 5.71. The second-order valence-electron chi connectivity index (χ2n) is 26.0. The van der Waals surface area contributed by atoms with Gasteiger partial charge in [0.2, 0.25) is 30.5 Å². The molecule has 0 bridgehead atoms. The normalized spacial score (nSPS) is 16.1. The van der Waals surface area contributed by atoms with Crippen molar-refractivity contribution in [3.63, 3.8) is 0 Å². The first-order valence-electron chi connectivity index (χ1n) is 36.2. The number of nitrogens with zero attached hydrogens (tertiary/aromatic N) is 5. The predicted molar refractivity (Wildman–Crippen MR) is 447 cm³/mol. The lowest BCUT2D eigenvalue weighted by atomic mass is 10.00. The van der Waals surface area contributed by atoms with Crippen LogP contribution in [0.25, 0.3) is 30.4 Å². The predicted octanol–water partition coefficient (Wildman–Crippen LogP) is 22.5. The van der Waals surface area contributed by atoms with E-state index in [1.807, 2.05) is 121 Å². The molecule has 10 aromatic carbocycles. The Balaban J connectivity index is 0.000000143. The standard InChI is InChI=1S/C18H17NO5.3C18H17NO4.C15H7Br2Cl2NO3/c1-3-23-16-6-4-5-13-11-15(19(20)21)17(24-18(13)16)12-7-9-14(22-2)10-8-12;3*1-3-22-16-6-4-5-14-11-15(19(20)21)17(23-18(14)16)13-9-7-12(2)8-10-13;16-8-4-7-5-12(20(21)22)15(23-14(7)9(17)6-8)13-10(18)2-1-3-11(13)19/h4-11,17H,3H2,1-2H3;3*4-11,17H,3H2,1-2H3;1-6,15H/t;2*17-;;/m.10../s1. The quantitative estimate of drug-likeness (QED) is 0.0536. The van der Waals surface area contributed by atoms with Gasteiger partial charge in [-0.1, -0.05) is 195 Å². The molecule has 0 aliphatic carbocycles. The van der Waals surface area contributed by atoms with Crippen LogP contribution < -0.4 is 47.4 Å². The number of aryl methyl sites for hydroxylation is 3. The Labute approximate surface area is 693 Å². The highest BCUT2D eigenvalue weighted by Gasteiger charge is 2.41. The molecule has 116 heavy (non-hydrogen) atoms. The minimum atomic E-state index is -0.990. The molecular formula is C87H75Br2Cl2N5O20. The second-order valence-corrected chi connectivity index (χ2v) is 28.6. The van der Waals surface area contributed by atoms with E-state index in [9.17, 15) is 50.6 Å². The van der Waals surface area contributed by atoms with Crippen molar-refractivity contribution in [3.8, 4) is 57.5 Å². The average Bonchev–Trinajstić information content (AvgIpc) is 0.786. The molecule has 0 radical (unpaired) electrons. The third kappa shape index (κ3) is 19.8. The number of ether oxygens (including phenoxy) is 10. The number of rotatable bonds is 19. The van der Waals surface area contributed by atoms with Gasteiger partial charge in [0.25, 0.3) is 28.5 Å². The lowest BCUT2D eigenvalue weighted by Gasteiger charge is -2.25. The van der Waals surface area contributed by atoms with Gasteiger partial charge in [-0.3, -0.25) is 50.6 Å². The Kier molecular flexibility index (Phi) is 28.0. The van der Waals surface area contributed by atoms with E-state index in [0.717, 1.165) is 37.9 Å². The van der Waals surface area contributed by atoms with Gasteiger partial charge in [-0.2, -0.15) is 0 Å². The molecule has 5 aliphatic heterocycles. The molecule has 29 heteroatoms. The van der Waals surface area contributed by atoms with Crippen LogP contribution in [0.15, 0.2) is 238 Å². The van der Waals surface area contributed by atoms with Crippen LogP contribution in [0.1, 0.15) is 131 Å². The summed E-state index contributed by atoms with van der Waals surface area (Å²) in [5.41, 5.74) is 9.69. The molecule has 5 aliphatic rings. The highest BCUT2D eigenvalue weighted by Crippen LogP contribution is 2.50. The number of nitro groups is 5. The van der Waals surface area contributed by atoms with Crippen molar-refractivity contribution < 1.29 is 72.0 Å². The smallest absolute Gasteiger partial charge is 0.291 e. The lowest BCUT2D eigenvalue weighted by molar-refractivity contribution is -0.434. The summed E-state index contributed by atoms with van der Waals surface area (Å²) < 4.78 is 58.7. The van der Waals surface area contributed by atoms with Crippen molar-refractivity contribution in [1.29, 1.82) is 0 Å². The maximum Gasteiger partial charge on any atom is 0.291 e. The van der Waals surface area contributed by atoms with Gasteiger partial charge in [0.15, 0.2) is 46.0 Å². The molecule has 0 amide bonds. The van der Waals surface area contributed by atoms with Crippen molar-refractivity contribution in [2.75, 3.05) is 33.5 Å². The van der Waals surface area contributed by atoms with Gasteiger partial charge in [-0.05, 0) is 125 Å². The number of benzene rings is 10. The Hall–Kier alpha value is -12.6. The van der Waals surface area contributed by atoms with Gasteiger partial charge in [0.1, 0.15) is 11.5 Å². The van der Waals surface area contributed by atoms with E-state index in [1.54, 1.807) is 153 Å². The zero-order valence-electron chi connectivity index (χ0n) is 63.6. The molecule has 5 heterocycles. The van der Waals surface area contributed by atoms with E-state index in [-0.39, 0.29) is 43.3 Å². The van der Waals surface area contributed by atoms with Gasteiger partial charge in [0, 0.05) is 101 Å². The minimum absolute atomic E-state index is 0.0127. The molecule has 3 unspecified atom stereocenters. The fraction of sp³-hybridized carbons (Fsp3) is 0.195. The SMILES string of the molecule is CCOc1cccc2c1OC(c1ccc(C)cc1)C([N+](=O)[O-])=C2.CCOc1cccc2c1OC(c1ccc(OC)cc1)C([N+](=O)[O-])=C2.CCOc1cccc2c1O[C@@H](c1ccc(C)cc1)C([N+](=O)[O-])=C2.CCOc1cccc2c1O[C@H](c1ccc(C)cc1)C([N+](=O)[O-])=C2.O=[N+]([O-])C1=Cc2cc(Br)cc(Br)c2OC1c1c(Cl)cccc1Cl. The van der Waals surface area contributed by atoms with Crippen molar-refractivity contribution in [3.05, 3.63) is 371 Å². The number of methoxy groups -OCH3 is 1. The van der Waals surface area contributed by atoms with Crippen LogP contribution in [0.4, 0.5) is 0 Å². The Bertz CT molecular complexity index is 5170. The molecule has 0 N–H and O–H groups in total. The topological polar surface area (TPSA) is 308 Å². The Morgan fingerprint density at radius 2 is 0.603 bits per heavy atom. The summed E-state index contributed by atoms with van der Waals surface area (Å²) in [6.45, 7) is 15.4. The second kappa shape index (κ2) is 38.5. The van der Waals surface area contributed by atoms with Gasteiger partial charge < -0.3 is 47.4 Å². The molecule has 596 valence electrons. The first-order valence-corrected chi connectivity index (χ1v) is 38.6. The summed E-state index contributed by atoms with van der Waals surface area (Å²) in [6.07, 6.45) is 3.65. The molecule has 25 nitrogen and oxygen atoms in total. The number of hydrogen-bond donors (Lipinski definition) is 0. The van der Waals surface area contributed by atoms with Crippen molar-refractivity contribution >= 4 is 85.4 Å². The summed E-state index contributed by atoms with van der Waals surface area (Å²) in [5, 5.41) is 57.9. The van der Waals surface area contributed by atoms with Crippen LogP contribution >= 0.6 is 55.1 Å². The molecule has 0 aromatic heterocycles. The van der Waals surface area contributed by atoms with E-state index in [1.165, 1.54) is 12.2 Å². The highest BCUT2D eigenvalue weighted by atomic mass is 79.9. The van der Waals surface area contributed by atoms with E-state index >= 15 is 0 Å². The maximum absolute atomic E-state index is 11.5. The Morgan fingerprint density at radius 3 is 0.879 bits per heavy atom. The average molecular weight is 1740 g/mol. The lowest BCUT2D eigenvalue weighted by Crippen LogP contribution is -2.20. The van der Waals surface area contributed by atoms with Crippen LogP contribution in [0.3, 0.4) is 0 Å². The van der Waals surface area contributed by atoms with E-state index in [0.29, 0.717) is 137 Å². The third-order valence-corrected chi connectivity index (χ3v) is 19.9. The fourth-order valence-corrected chi connectivity index (χ4v) is 14.7. The number of fused-ring (bicyclic) bond motifs is 5. The maximum atomic E-state index is 11.5. The van der Waals surface area contributed by atoms with Crippen LogP contribution in [-0.4, -0.2) is 58.2 Å². The van der Waals surface area contributed by atoms with E-state index < -0.39 is 40.4 Å². The first-order chi connectivity index (χ1) is 55.8. The van der Waals surface area contributed by atoms with Crippen LogP contribution in [0.5, 0.6) is 57.5 Å². The summed E-state index contributed by atoms with van der Waals surface area (Å²) in [6, 6.07) is 59.6. The fourth-order valence-electron chi connectivity index (χ4n) is 12.7. The van der Waals surface area contributed by atoms with Crippen molar-refractivity contribution in [1.82, 2.24) is 0 Å². The molecule has 0 saturated heterocycles. The zero-order valence-corrected chi connectivity index (χ0v) is 68.3. The van der Waals surface area contributed by atoms with Crippen LogP contribution in [0.2, 0.25) is 10.0 Å². The van der Waals surface area contributed by atoms with Gasteiger partial charge in [-0.25, -0.2) is 0 Å². The largest absolute Gasteiger partial charge is 0.497 e. The molecule has 0 saturated carbocycles. The zero-order chi connectivity index (χ0) is 83.0. The summed E-state index contributed by atoms with van der Waals surface area (Å²) >= 11 is 19.1. The number of para-hydroxylation sites is 4. The molecule has 0 fully saturated rings. The molecule has 0 spiro atoms. The van der Waals surface area contributed by atoms with Crippen molar-refractivity contribution in [2.24, 2.45) is 0 Å². The Morgan fingerprint density at radius 1 is 0.345 bits per heavy atom. The van der Waals surface area contributed by atoms with Crippen LogP contribution in [0, 0.1) is 71.3 Å². The highest BCUT2D eigenvalue weighted by molar-refractivity contribution is 9.11. The summed E-state index contributed by atoms with van der Waals surface area (Å²) in [4.78, 5) is 55.3. The summed E-state index contributed by atoms with van der Waals surface area (Å²) in [7, 11) is 1.57. The molecular weight excluding hydrogens is 1670 g/mol. The van der Waals surface area contributed by atoms with Crippen LogP contribution in [-0.2, 0) is 0 Å². The number of halogens is 4. The monoisotopic (exact) mass is 1740 g/mol. The molecule has 15 rings (SSSR count). The van der Waals surface area contributed by atoms with Gasteiger partial charge >= 0.3 is 0 Å². The third-order valence-electron chi connectivity index (χ3n) is 18.2. The van der Waals surface area contributed by atoms with Gasteiger partial charge in [0.05, 0.1) is 62.6 Å². The van der Waals surface area contributed by atoms with E-state index in [4.69, 9.17) is 70.6 Å².